The molecule has 0 aliphatic rings. The smallest absolute Gasteiger partial charge is 0.184 e. The lowest BCUT2D eigenvalue weighted by Gasteiger charge is -2.09. The number of benzene rings is 1. The fourth-order valence-corrected chi connectivity index (χ4v) is 1.88. The highest BCUT2D eigenvalue weighted by Gasteiger charge is 2.02. The standard InChI is InChI=1S/C13H18BrN3OS/c1-2-3-4-7-18-12-6-5-11(14)8-10(12)9-16-17-13(15)19/h5-6,8-9H,2-4,7H2,1H3,(H3,15,17,19). The average Bonchev–Trinajstić information content (AvgIpc) is 2.36. The van der Waals surface area contributed by atoms with Gasteiger partial charge in [0.2, 0.25) is 0 Å². The molecule has 6 heteroatoms. The van der Waals surface area contributed by atoms with E-state index in [0.29, 0.717) is 6.61 Å². The molecule has 0 saturated carbocycles. The van der Waals surface area contributed by atoms with E-state index in [4.69, 9.17) is 10.5 Å². The quantitative estimate of drug-likeness (QED) is 0.345. The van der Waals surface area contributed by atoms with Gasteiger partial charge in [0, 0.05) is 10.0 Å². The number of nitrogens with zero attached hydrogens (tertiary/aromatic N) is 1. The summed E-state index contributed by atoms with van der Waals surface area (Å²) >= 11 is 8.10. The molecule has 0 aliphatic heterocycles. The summed E-state index contributed by atoms with van der Waals surface area (Å²) in [5.74, 6) is 0.799. The Bertz CT molecular complexity index is 452. The highest BCUT2D eigenvalue weighted by molar-refractivity contribution is 9.10. The third-order valence-electron chi connectivity index (χ3n) is 2.36. The highest BCUT2D eigenvalue weighted by atomic mass is 79.9. The first-order valence-corrected chi connectivity index (χ1v) is 7.34. The molecule has 0 aromatic heterocycles. The summed E-state index contributed by atoms with van der Waals surface area (Å²) in [6.07, 6.45) is 5.03. The molecule has 1 rings (SSSR count). The molecule has 0 saturated heterocycles. The Balaban J connectivity index is 2.68. The summed E-state index contributed by atoms with van der Waals surface area (Å²) in [5.41, 5.74) is 8.70. The van der Waals surface area contributed by atoms with Crippen LogP contribution in [-0.2, 0) is 0 Å². The third kappa shape index (κ3) is 6.54. The predicted octanol–water partition coefficient (Wildman–Crippen LogP) is 3.19. The fraction of sp³-hybridized carbons (Fsp3) is 0.385. The zero-order chi connectivity index (χ0) is 14.1. The number of halogens is 1. The molecule has 0 unspecified atom stereocenters. The van der Waals surface area contributed by atoms with Crippen molar-refractivity contribution in [3.8, 4) is 5.75 Å². The fourth-order valence-electron chi connectivity index (χ4n) is 1.45. The number of unbranched alkanes of at least 4 members (excludes halogenated alkanes) is 2. The summed E-state index contributed by atoms with van der Waals surface area (Å²) in [4.78, 5) is 0. The van der Waals surface area contributed by atoms with Crippen LogP contribution in [0, 0.1) is 0 Å². The van der Waals surface area contributed by atoms with Crippen LogP contribution >= 0.6 is 28.1 Å². The minimum Gasteiger partial charge on any atom is -0.493 e. The van der Waals surface area contributed by atoms with Gasteiger partial charge in [-0.15, -0.1) is 0 Å². The van der Waals surface area contributed by atoms with Gasteiger partial charge in [-0.05, 0) is 36.8 Å². The highest BCUT2D eigenvalue weighted by Crippen LogP contribution is 2.22. The van der Waals surface area contributed by atoms with Crippen molar-refractivity contribution in [2.24, 2.45) is 10.8 Å². The number of hydrogen-bond acceptors (Lipinski definition) is 3. The van der Waals surface area contributed by atoms with Gasteiger partial charge in [0.05, 0.1) is 12.8 Å². The minimum atomic E-state index is 0.136. The Morgan fingerprint density at radius 1 is 1.53 bits per heavy atom. The van der Waals surface area contributed by atoms with Gasteiger partial charge in [-0.1, -0.05) is 35.7 Å². The molecule has 0 spiro atoms. The molecule has 0 radical (unpaired) electrons. The summed E-state index contributed by atoms with van der Waals surface area (Å²) < 4.78 is 6.71. The van der Waals surface area contributed by atoms with E-state index in [-0.39, 0.29) is 5.11 Å². The second-order valence-electron chi connectivity index (χ2n) is 3.97. The largest absolute Gasteiger partial charge is 0.493 e. The second kappa shape index (κ2) is 8.87. The molecule has 1 aromatic carbocycles. The topological polar surface area (TPSA) is 59.6 Å². The minimum absolute atomic E-state index is 0.136. The zero-order valence-corrected chi connectivity index (χ0v) is 13.3. The maximum Gasteiger partial charge on any atom is 0.184 e. The van der Waals surface area contributed by atoms with Crippen molar-refractivity contribution < 1.29 is 4.74 Å². The van der Waals surface area contributed by atoms with E-state index in [0.717, 1.165) is 22.2 Å². The van der Waals surface area contributed by atoms with Crippen LogP contribution in [0.4, 0.5) is 0 Å². The van der Waals surface area contributed by atoms with Gasteiger partial charge < -0.3 is 10.5 Å². The third-order valence-corrected chi connectivity index (χ3v) is 2.94. The zero-order valence-electron chi connectivity index (χ0n) is 10.9. The summed E-state index contributed by atoms with van der Waals surface area (Å²) in [7, 11) is 0. The van der Waals surface area contributed by atoms with E-state index in [1.807, 2.05) is 18.2 Å². The molecule has 0 fully saturated rings. The van der Waals surface area contributed by atoms with Crippen molar-refractivity contribution in [3.63, 3.8) is 0 Å². The number of nitrogens with one attached hydrogen (secondary N) is 1. The molecule has 0 aliphatic carbocycles. The summed E-state index contributed by atoms with van der Waals surface area (Å²) in [6.45, 7) is 2.87. The summed E-state index contributed by atoms with van der Waals surface area (Å²) in [5, 5.41) is 4.08. The van der Waals surface area contributed by atoms with Crippen molar-refractivity contribution in [1.29, 1.82) is 0 Å². The molecule has 19 heavy (non-hydrogen) atoms. The lowest BCUT2D eigenvalue weighted by atomic mass is 10.2. The number of rotatable bonds is 7. The van der Waals surface area contributed by atoms with E-state index < -0.39 is 0 Å². The molecule has 3 N–H and O–H groups in total. The normalized spacial score (nSPS) is 10.6. The first-order chi connectivity index (χ1) is 9.13. The monoisotopic (exact) mass is 343 g/mol. The lowest BCUT2D eigenvalue weighted by molar-refractivity contribution is 0.306. The van der Waals surface area contributed by atoms with E-state index in [2.05, 4.69) is 45.6 Å². The Kier molecular flexibility index (Phi) is 7.43. The molecule has 0 amide bonds. The molecule has 104 valence electrons. The van der Waals surface area contributed by atoms with Crippen molar-refractivity contribution in [2.45, 2.75) is 26.2 Å². The van der Waals surface area contributed by atoms with Crippen molar-refractivity contribution in [2.75, 3.05) is 6.61 Å². The first kappa shape index (κ1) is 15.9. The van der Waals surface area contributed by atoms with Gasteiger partial charge in [-0.25, -0.2) is 0 Å². The van der Waals surface area contributed by atoms with Crippen LogP contribution in [0.3, 0.4) is 0 Å². The van der Waals surface area contributed by atoms with Crippen molar-refractivity contribution >= 4 is 39.5 Å². The van der Waals surface area contributed by atoms with E-state index >= 15 is 0 Å². The van der Waals surface area contributed by atoms with Crippen LogP contribution in [0.5, 0.6) is 5.75 Å². The second-order valence-corrected chi connectivity index (χ2v) is 5.33. The number of hydrazone groups is 1. The Hall–Kier alpha value is -1.14. The molecule has 4 nitrogen and oxygen atoms in total. The molecule has 0 heterocycles. The van der Waals surface area contributed by atoms with Gasteiger partial charge in [-0.3, -0.25) is 5.43 Å². The number of ether oxygens (including phenoxy) is 1. The molecule has 0 atom stereocenters. The van der Waals surface area contributed by atoms with Crippen molar-refractivity contribution in [1.82, 2.24) is 5.43 Å². The maximum absolute atomic E-state index is 5.75. The van der Waals surface area contributed by atoms with Crippen LogP contribution < -0.4 is 15.9 Å². The Morgan fingerprint density at radius 2 is 2.32 bits per heavy atom. The Labute approximate surface area is 127 Å². The van der Waals surface area contributed by atoms with Crippen LogP contribution in [0.15, 0.2) is 27.8 Å². The van der Waals surface area contributed by atoms with Crippen molar-refractivity contribution in [3.05, 3.63) is 28.2 Å². The number of hydrogen-bond donors (Lipinski definition) is 2. The van der Waals surface area contributed by atoms with Gasteiger partial charge in [0.15, 0.2) is 5.11 Å². The molecule has 1 aromatic rings. The van der Waals surface area contributed by atoms with Gasteiger partial charge in [0.1, 0.15) is 5.75 Å². The van der Waals surface area contributed by atoms with Crippen LogP contribution in [0.25, 0.3) is 0 Å². The molecule has 0 bridgehead atoms. The van der Waals surface area contributed by atoms with Gasteiger partial charge in [0.25, 0.3) is 0 Å². The average molecular weight is 344 g/mol. The SMILES string of the molecule is CCCCCOc1ccc(Br)cc1C=NNC(N)=S. The predicted molar refractivity (Wildman–Crippen MR) is 86.7 cm³/mol. The lowest BCUT2D eigenvalue weighted by Crippen LogP contribution is -2.24. The van der Waals surface area contributed by atoms with E-state index in [1.54, 1.807) is 6.21 Å². The number of thiocarbonyl (C=S) groups is 1. The first-order valence-electron chi connectivity index (χ1n) is 6.14. The van der Waals surface area contributed by atoms with Crippen LogP contribution in [-0.4, -0.2) is 17.9 Å². The van der Waals surface area contributed by atoms with Gasteiger partial charge >= 0.3 is 0 Å². The number of nitrogens with two attached hydrogens (primary N) is 1. The molecular weight excluding hydrogens is 326 g/mol. The van der Waals surface area contributed by atoms with E-state index in [1.165, 1.54) is 12.8 Å². The van der Waals surface area contributed by atoms with E-state index in [9.17, 15) is 0 Å². The van der Waals surface area contributed by atoms with Crippen LogP contribution in [0.2, 0.25) is 0 Å². The molecular formula is C13H18BrN3OS. The summed E-state index contributed by atoms with van der Waals surface area (Å²) in [6, 6.07) is 5.78. The van der Waals surface area contributed by atoms with Crippen LogP contribution in [0.1, 0.15) is 31.7 Å². The van der Waals surface area contributed by atoms with Gasteiger partial charge in [-0.2, -0.15) is 5.10 Å². The maximum atomic E-state index is 5.75. The Morgan fingerprint density at radius 3 is 3.00 bits per heavy atom.